The van der Waals surface area contributed by atoms with Gasteiger partial charge in [0.15, 0.2) is 6.54 Å². The van der Waals surface area contributed by atoms with E-state index in [0.717, 1.165) is 16.5 Å². The van der Waals surface area contributed by atoms with Crippen molar-refractivity contribution in [1.29, 1.82) is 0 Å². The van der Waals surface area contributed by atoms with E-state index >= 15 is 0 Å². The predicted molar refractivity (Wildman–Crippen MR) is 103 cm³/mol. The topological polar surface area (TPSA) is 74.0 Å². The number of alkyl halides is 1. The SMILES string of the molecule is C=[N+](CCCl)c1ccc2ccc(O)c(N=Nc3ccc(N)cc3)c2c1. The van der Waals surface area contributed by atoms with E-state index in [2.05, 4.69) is 16.9 Å². The summed E-state index contributed by atoms with van der Waals surface area (Å²) in [5.41, 5.74) is 8.29. The maximum absolute atomic E-state index is 10.2. The lowest BCUT2D eigenvalue weighted by Gasteiger charge is -2.06. The van der Waals surface area contributed by atoms with Gasteiger partial charge in [-0.3, -0.25) is 0 Å². The molecule has 0 saturated carbocycles. The highest BCUT2D eigenvalue weighted by Crippen LogP contribution is 2.37. The standard InChI is InChI=1S/C19H17ClN4O/c1-24(11-10-20)16-8-2-13-3-9-18(25)19(17(13)12-16)23-22-15-6-4-14(21)5-7-15/h2-9,12H,1,10-11H2,(H2-,21,22,23,25)/p+1. The van der Waals surface area contributed by atoms with Crippen molar-refractivity contribution < 1.29 is 9.68 Å². The summed E-state index contributed by atoms with van der Waals surface area (Å²) in [7, 11) is 0. The molecular formula is C19H18ClN4O+. The molecule has 0 unspecified atom stereocenters. The van der Waals surface area contributed by atoms with Gasteiger partial charge in [-0.25, -0.2) is 4.58 Å². The third-order valence-electron chi connectivity index (χ3n) is 3.83. The smallest absolute Gasteiger partial charge is 0.205 e. The van der Waals surface area contributed by atoms with Crippen LogP contribution in [0.25, 0.3) is 10.8 Å². The van der Waals surface area contributed by atoms with Crippen LogP contribution in [0.2, 0.25) is 0 Å². The number of nitrogens with zero attached hydrogens (tertiary/aromatic N) is 3. The molecule has 0 aliphatic carbocycles. The van der Waals surface area contributed by atoms with Gasteiger partial charge in [0.25, 0.3) is 0 Å². The first-order valence-electron chi connectivity index (χ1n) is 7.75. The van der Waals surface area contributed by atoms with E-state index in [0.29, 0.717) is 29.5 Å². The molecule has 0 amide bonds. The zero-order valence-corrected chi connectivity index (χ0v) is 14.3. The van der Waals surface area contributed by atoms with Crippen LogP contribution in [0.15, 0.2) is 64.8 Å². The van der Waals surface area contributed by atoms with Crippen LogP contribution in [0.4, 0.5) is 22.7 Å². The van der Waals surface area contributed by atoms with Crippen LogP contribution < -0.4 is 5.73 Å². The predicted octanol–water partition coefficient (Wildman–Crippen LogP) is 5.13. The van der Waals surface area contributed by atoms with Crippen LogP contribution in [0, 0.1) is 0 Å². The summed E-state index contributed by atoms with van der Waals surface area (Å²) in [4.78, 5) is 0. The Bertz CT molecular complexity index is 952. The van der Waals surface area contributed by atoms with Crippen LogP contribution >= 0.6 is 11.6 Å². The average molecular weight is 354 g/mol. The highest BCUT2D eigenvalue weighted by Gasteiger charge is 2.12. The lowest BCUT2D eigenvalue weighted by molar-refractivity contribution is -0.425. The van der Waals surface area contributed by atoms with Gasteiger partial charge in [0.2, 0.25) is 5.69 Å². The summed E-state index contributed by atoms with van der Waals surface area (Å²) in [6.07, 6.45) is 0. The molecule has 126 valence electrons. The molecule has 0 saturated heterocycles. The highest BCUT2D eigenvalue weighted by molar-refractivity contribution is 6.18. The van der Waals surface area contributed by atoms with Gasteiger partial charge in [-0.15, -0.1) is 16.7 Å². The van der Waals surface area contributed by atoms with Crippen molar-refractivity contribution in [3.8, 4) is 5.75 Å². The molecule has 0 bridgehead atoms. The Labute approximate surface area is 150 Å². The first-order valence-corrected chi connectivity index (χ1v) is 8.29. The second-order valence-corrected chi connectivity index (χ2v) is 5.96. The van der Waals surface area contributed by atoms with E-state index in [4.69, 9.17) is 17.3 Å². The second-order valence-electron chi connectivity index (χ2n) is 5.58. The molecule has 5 nitrogen and oxygen atoms in total. The number of aromatic hydroxyl groups is 1. The molecule has 3 aromatic carbocycles. The lowest BCUT2D eigenvalue weighted by Crippen LogP contribution is -2.05. The number of azo groups is 1. The normalized spacial score (nSPS) is 11.2. The number of nitrogen functional groups attached to an aromatic ring is 1. The summed E-state index contributed by atoms with van der Waals surface area (Å²) in [5.74, 6) is 0.544. The van der Waals surface area contributed by atoms with Gasteiger partial charge in [0.1, 0.15) is 18.2 Å². The Morgan fingerprint density at radius 1 is 1.04 bits per heavy atom. The maximum Gasteiger partial charge on any atom is 0.205 e. The highest BCUT2D eigenvalue weighted by atomic mass is 35.5. The largest absolute Gasteiger partial charge is 0.506 e. The number of phenols is 1. The van der Waals surface area contributed by atoms with Crippen molar-refractivity contribution in [2.24, 2.45) is 10.2 Å². The van der Waals surface area contributed by atoms with Crippen molar-refractivity contribution >= 4 is 51.8 Å². The van der Waals surface area contributed by atoms with E-state index in [1.807, 2.05) is 24.3 Å². The number of rotatable bonds is 5. The molecule has 0 spiro atoms. The molecule has 0 radical (unpaired) electrons. The number of nitrogens with two attached hydrogens (primary N) is 1. The molecule has 3 N–H and O–H groups in total. The summed E-state index contributed by atoms with van der Waals surface area (Å²) in [5, 5.41) is 20.4. The summed E-state index contributed by atoms with van der Waals surface area (Å²) < 4.78 is 1.80. The van der Waals surface area contributed by atoms with Gasteiger partial charge in [-0.2, -0.15) is 5.11 Å². The molecule has 0 aromatic heterocycles. The van der Waals surface area contributed by atoms with Crippen molar-refractivity contribution in [2.75, 3.05) is 18.2 Å². The van der Waals surface area contributed by atoms with E-state index in [1.165, 1.54) is 0 Å². The molecule has 0 fully saturated rings. The Kier molecular flexibility index (Phi) is 4.95. The zero-order valence-electron chi connectivity index (χ0n) is 13.6. The van der Waals surface area contributed by atoms with Crippen LogP contribution in [-0.4, -0.2) is 28.8 Å². The molecule has 25 heavy (non-hydrogen) atoms. The molecule has 0 heterocycles. The summed E-state index contributed by atoms with van der Waals surface area (Å²) >= 11 is 5.79. The Morgan fingerprint density at radius 2 is 1.76 bits per heavy atom. The number of halogens is 1. The first-order chi connectivity index (χ1) is 12.1. The maximum atomic E-state index is 10.2. The van der Waals surface area contributed by atoms with Crippen molar-refractivity contribution in [3.05, 3.63) is 54.6 Å². The number of hydrogen-bond donors (Lipinski definition) is 2. The van der Waals surface area contributed by atoms with Crippen LogP contribution in [0.1, 0.15) is 0 Å². The summed E-state index contributed by atoms with van der Waals surface area (Å²) in [6.45, 7) is 4.60. The van der Waals surface area contributed by atoms with Crippen molar-refractivity contribution in [2.45, 2.75) is 0 Å². The third-order valence-corrected chi connectivity index (χ3v) is 4.00. The number of anilines is 1. The lowest BCUT2D eigenvalue weighted by atomic mass is 10.1. The third kappa shape index (κ3) is 3.78. The molecule has 0 aliphatic rings. The van der Waals surface area contributed by atoms with E-state index in [-0.39, 0.29) is 5.75 Å². The minimum Gasteiger partial charge on any atom is -0.506 e. The Hall–Kier alpha value is -2.92. The van der Waals surface area contributed by atoms with Crippen LogP contribution in [0.5, 0.6) is 5.75 Å². The fourth-order valence-corrected chi connectivity index (χ4v) is 2.67. The molecule has 0 aliphatic heterocycles. The van der Waals surface area contributed by atoms with Gasteiger partial charge < -0.3 is 10.8 Å². The molecule has 0 atom stereocenters. The number of hydrogen-bond acceptors (Lipinski definition) is 4. The quantitative estimate of drug-likeness (QED) is 0.219. The fourth-order valence-electron chi connectivity index (χ4n) is 2.46. The molecule has 6 heteroatoms. The Balaban J connectivity index is 2.06. The van der Waals surface area contributed by atoms with E-state index < -0.39 is 0 Å². The van der Waals surface area contributed by atoms with Gasteiger partial charge in [0, 0.05) is 23.2 Å². The number of phenolic OH excluding ortho intramolecular Hbond substituents is 1. The fraction of sp³-hybridized carbons (Fsp3) is 0.105. The first kappa shape index (κ1) is 16.9. The number of benzene rings is 3. The monoisotopic (exact) mass is 353 g/mol. The van der Waals surface area contributed by atoms with Crippen molar-refractivity contribution in [1.82, 2.24) is 0 Å². The molecule has 3 rings (SSSR count). The van der Waals surface area contributed by atoms with Gasteiger partial charge >= 0.3 is 0 Å². The summed E-state index contributed by atoms with van der Waals surface area (Å²) in [6, 6.07) is 16.3. The van der Waals surface area contributed by atoms with E-state index in [9.17, 15) is 5.11 Å². The van der Waals surface area contributed by atoms with Gasteiger partial charge in [-0.05, 0) is 41.8 Å². The average Bonchev–Trinajstić information content (AvgIpc) is 2.62. The van der Waals surface area contributed by atoms with Crippen LogP contribution in [-0.2, 0) is 0 Å². The van der Waals surface area contributed by atoms with Crippen molar-refractivity contribution in [3.63, 3.8) is 0 Å². The Morgan fingerprint density at radius 3 is 2.48 bits per heavy atom. The van der Waals surface area contributed by atoms with Gasteiger partial charge in [0.05, 0.1) is 11.6 Å². The van der Waals surface area contributed by atoms with Gasteiger partial charge in [-0.1, -0.05) is 6.07 Å². The molecular weight excluding hydrogens is 336 g/mol. The minimum atomic E-state index is 0.0665. The second kappa shape index (κ2) is 7.32. The minimum absolute atomic E-state index is 0.0665. The van der Waals surface area contributed by atoms with Crippen LogP contribution in [0.3, 0.4) is 0 Å². The zero-order chi connectivity index (χ0) is 17.8. The van der Waals surface area contributed by atoms with E-state index in [1.54, 1.807) is 34.9 Å². The molecule has 3 aromatic rings. The number of fused-ring (bicyclic) bond motifs is 1.